The highest BCUT2D eigenvalue weighted by Gasteiger charge is 2.34. The van der Waals surface area contributed by atoms with Gasteiger partial charge in [-0.3, -0.25) is 14.2 Å². The molecular formula is C25H27N7O2. The monoisotopic (exact) mass is 457 g/mol. The minimum absolute atomic E-state index is 0.102. The number of carbonyl (C=O) groups is 1. The van der Waals surface area contributed by atoms with Crippen molar-refractivity contribution in [1.82, 2.24) is 24.5 Å². The van der Waals surface area contributed by atoms with E-state index in [1.165, 1.54) is 11.3 Å². The number of amides is 1. The summed E-state index contributed by atoms with van der Waals surface area (Å²) in [6, 6.07) is 8.87. The minimum Gasteiger partial charge on any atom is -0.377 e. The Labute approximate surface area is 198 Å². The van der Waals surface area contributed by atoms with Crippen molar-refractivity contribution in [2.45, 2.75) is 38.8 Å². The Hall–Kier alpha value is -3.64. The summed E-state index contributed by atoms with van der Waals surface area (Å²) in [5.41, 5.74) is 7.08. The molecule has 0 N–H and O–H groups in total. The zero-order chi connectivity index (χ0) is 23.4. The fourth-order valence-electron chi connectivity index (χ4n) is 5.35. The highest BCUT2D eigenvalue weighted by molar-refractivity contribution is 5.77. The molecule has 0 bridgehead atoms. The van der Waals surface area contributed by atoms with Gasteiger partial charge in [-0.25, -0.2) is 0 Å². The summed E-state index contributed by atoms with van der Waals surface area (Å²) in [5.74, 6) is 1.06. The quantitative estimate of drug-likeness (QED) is 0.601. The SMILES string of the molecule is CC(=O)N1CCc2c(c(N3CCCc4cc(-c5cn(C)nc5C#N)ccc43)nn2C2COC2)C1. The second kappa shape index (κ2) is 7.99. The molecule has 0 radical (unpaired) electrons. The normalized spacial score (nSPS) is 17.7. The van der Waals surface area contributed by atoms with Crippen LogP contribution in [0.5, 0.6) is 0 Å². The van der Waals surface area contributed by atoms with Crippen molar-refractivity contribution in [1.29, 1.82) is 5.26 Å². The van der Waals surface area contributed by atoms with E-state index in [9.17, 15) is 10.1 Å². The van der Waals surface area contributed by atoms with Gasteiger partial charge in [-0.1, -0.05) is 6.07 Å². The highest BCUT2D eigenvalue weighted by atomic mass is 16.5. The summed E-state index contributed by atoms with van der Waals surface area (Å²) >= 11 is 0. The van der Waals surface area contributed by atoms with E-state index in [2.05, 4.69) is 38.9 Å². The Morgan fingerprint density at radius 3 is 2.79 bits per heavy atom. The fraction of sp³-hybridized carbons (Fsp3) is 0.440. The summed E-state index contributed by atoms with van der Waals surface area (Å²) in [7, 11) is 1.83. The standard InChI is InChI=1S/C25H27N7O2/c1-16(33)30-9-7-24-21(13-30)25(28-32(24)19-14-34-15-19)31-8-3-4-18-10-17(5-6-23(18)31)20-12-29(2)27-22(20)11-26/h5-6,10,12,19H,3-4,7-9,13-15H2,1-2H3. The van der Waals surface area contributed by atoms with Crippen LogP contribution in [0.3, 0.4) is 0 Å². The van der Waals surface area contributed by atoms with Gasteiger partial charge in [0, 0.05) is 62.2 Å². The predicted molar refractivity (Wildman–Crippen MR) is 126 cm³/mol. The highest BCUT2D eigenvalue weighted by Crippen LogP contribution is 2.40. The molecular weight excluding hydrogens is 430 g/mol. The fourth-order valence-corrected chi connectivity index (χ4v) is 5.35. The molecule has 1 fully saturated rings. The Morgan fingerprint density at radius 1 is 1.21 bits per heavy atom. The topological polar surface area (TPSA) is 92.2 Å². The Balaban J connectivity index is 1.42. The first-order valence-corrected chi connectivity index (χ1v) is 11.8. The first-order valence-electron chi connectivity index (χ1n) is 11.8. The van der Waals surface area contributed by atoms with E-state index in [1.54, 1.807) is 11.6 Å². The third kappa shape index (κ3) is 3.29. The number of fused-ring (bicyclic) bond motifs is 2. The van der Waals surface area contributed by atoms with E-state index in [0.29, 0.717) is 25.5 Å². The largest absolute Gasteiger partial charge is 0.377 e. The predicted octanol–water partition coefficient (Wildman–Crippen LogP) is 2.72. The molecule has 34 heavy (non-hydrogen) atoms. The third-order valence-electron chi connectivity index (χ3n) is 7.18. The van der Waals surface area contributed by atoms with Gasteiger partial charge in [-0.15, -0.1) is 0 Å². The van der Waals surface area contributed by atoms with Gasteiger partial charge in [0.15, 0.2) is 11.5 Å². The maximum atomic E-state index is 12.2. The summed E-state index contributed by atoms with van der Waals surface area (Å²) < 4.78 is 9.30. The molecule has 1 saturated heterocycles. The lowest BCUT2D eigenvalue weighted by Crippen LogP contribution is -2.37. The maximum Gasteiger partial charge on any atom is 0.219 e. The Morgan fingerprint density at radius 2 is 2.06 bits per heavy atom. The van der Waals surface area contributed by atoms with E-state index in [1.807, 2.05) is 18.1 Å². The van der Waals surface area contributed by atoms with Crippen LogP contribution >= 0.6 is 0 Å². The molecule has 1 amide bonds. The van der Waals surface area contributed by atoms with Gasteiger partial charge in [0.2, 0.25) is 5.91 Å². The molecule has 9 nitrogen and oxygen atoms in total. The molecule has 3 aromatic rings. The van der Waals surface area contributed by atoms with Crippen LogP contribution < -0.4 is 4.90 Å². The van der Waals surface area contributed by atoms with Gasteiger partial charge in [0.05, 0.1) is 25.8 Å². The van der Waals surface area contributed by atoms with Crippen LogP contribution in [0.2, 0.25) is 0 Å². The van der Waals surface area contributed by atoms with Crippen molar-refractivity contribution < 1.29 is 9.53 Å². The van der Waals surface area contributed by atoms with Crippen molar-refractivity contribution in [3.63, 3.8) is 0 Å². The van der Waals surface area contributed by atoms with Crippen LogP contribution in [0.4, 0.5) is 11.5 Å². The zero-order valence-corrected chi connectivity index (χ0v) is 19.5. The van der Waals surface area contributed by atoms with Crippen molar-refractivity contribution >= 4 is 17.4 Å². The van der Waals surface area contributed by atoms with E-state index in [0.717, 1.165) is 60.5 Å². The number of nitriles is 1. The number of nitrogens with zero attached hydrogens (tertiary/aromatic N) is 7. The summed E-state index contributed by atoms with van der Waals surface area (Å²) in [5, 5.41) is 18.9. The number of benzene rings is 1. The van der Waals surface area contributed by atoms with Gasteiger partial charge in [-0.2, -0.15) is 15.5 Å². The molecule has 2 aromatic heterocycles. The van der Waals surface area contributed by atoms with Gasteiger partial charge in [-0.05, 0) is 36.1 Å². The molecule has 174 valence electrons. The van der Waals surface area contributed by atoms with Gasteiger partial charge in [0.1, 0.15) is 6.07 Å². The number of carbonyl (C=O) groups excluding carboxylic acids is 1. The second-order valence-corrected chi connectivity index (χ2v) is 9.35. The van der Waals surface area contributed by atoms with Crippen LogP contribution in [0.25, 0.3) is 11.1 Å². The van der Waals surface area contributed by atoms with Crippen molar-refractivity contribution in [3.8, 4) is 17.2 Å². The number of hydrogen-bond acceptors (Lipinski definition) is 6. The zero-order valence-electron chi connectivity index (χ0n) is 19.5. The molecule has 0 aliphatic carbocycles. The van der Waals surface area contributed by atoms with Crippen LogP contribution in [0.1, 0.15) is 41.9 Å². The summed E-state index contributed by atoms with van der Waals surface area (Å²) in [4.78, 5) is 16.4. The van der Waals surface area contributed by atoms with Gasteiger partial charge < -0.3 is 14.5 Å². The Kier molecular flexibility index (Phi) is 4.92. The molecule has 6 rings (SSSR count). The number of rotatable bonds is 3. The number of aromatic nitrogens is 4. The first-order chi connectivity index (χ1) is 16.5. The lowest BCUT2D eigenvalue weighted by atomic mass is 9.96. The molecule has 1 aromatic carbocycles. The van der Waals surface area contributed by atoms with Gasteiger partial charge >= 0.3 is 0 Å². The van der Waals surface area contributed by atoms with Crippen molar-refractivity contribution in [3.05, 3.63) is 46.9 Å². The van der Waals surface area contributed by atoms with E-state index >= 15 is 0 Å². The smallest absolute Gasteiger partial charge is 0.219 e. The average molecular weight is 458 g/mol. The van der Waals surface area contributed by atoms with E-state index < -0.39 is 0 Å². The minimum atomic E-state index is 0.102. The van der Waals surface area contributed by atoms with Crippen LogP contribution in [0, 0.1) is 11.3 Å². The lowest BCUT2D eigenvalue weighted by molar-refractivity contribution is -0.129. The molecule has 0 unspecified atom stereocenters. The lowest BCUT2D eigenvalue weighted by Gasteiger charge is -2.33. The molecule has 0 saturated carbocycles. The van der Waals surface area contributed by atoms with Crippen LogP contribution in [-0.2, 0) is 36.0 Å². The first kappa shape index (κ1) is 20.9. The maximum absolute atomic E-state index is 12.2. The second-order valence-electron chi connectivity index (χ2n) is 9.35. The molecule has 0 spiro atoms. The van der Waals surface area contributed by atoms with E-state index in [-0.39, 0.29) is 11.9 Å². The van der Waals surface area contributed by atoms with Crippen LogP contribution in [-0.4, -0.2) is 56.7 Å². The Bertz CT molecular complexity index is 1330. The third-order valence-corrected chi connectivity index (χ3v) is 7.18. The summed E-state index contributed by atoms with van der Waals surface area (Å²) in [6.45, 7) is 5.23. The van der Waals surface area contributed by atoms with E-state index in [4.69, 9.17) is 9.84 Å². The molecule has 0 atom stereocenters. The van der Waals surface area contributed by atoms with Crippen molar-refractivity contribution in [2.75, 3.05) is 31.2 Å². The molecule has 3 aliphatic rings. The number of ether oxygens (including phenoxy) is 1. The number of anilines is 2. The number of hydrogen-bond donors (Lipinski definition) is 0. The molecule has 9 heteroatoms. The number of aryl methyl sites for hydroxylation is 2. The van der Waals surface area contributed by atoms with Crippen molar-refractivity contribution in [2.24, 2.45) is 7.05 Å². The van der Waals surface area contributed by atoms with Gasteiger partial charge in [0.25, 0.3) is 0 Å². The molecule has 5 heterocycles. The molecule has 3 aliphatic heterocycles. The average Bonchev–Trinajstić information content (AvgIpc) is 3.37. The van der Waals surface area contributed by atoms with Crippen LogP contribution in [0.15, 0.2) is 24.4 Å². The summed E-state index contributed by atoms with van der Waals surface area (Å²) in [6.07, 6.45) is 4.70.